The first-order chi connectivity index (χ1) is 13.0. The fourth-order valence-electron chi connectivity index (χ4n) is 2.89. The first-order valence-corrected chi connectivity index (χ1v) is 10.3. The zero-order chi connectivity index (χ0) is 19.0. The summed E-state index contributed by atoms with van der Waals surface area (Å²) in [4.78, 5) is 0. The average Bonchev–Trinajstić information content (AvgIpc) is 3.21. The Bertz CT molecular complexity index is 1100. The quantitative estimate of drug-likeness (QED) is 0.399. The van der Waals surface area contributed by atoms with Gasteiger partial charge in [-0.1, -0.05) is 0 Å². The Hall–Kier alpha value is -2.04. The molecule has 0 N–H and O–H groups in total. The van der Waals surface area contributed by atoms with E-state index in [1.54, 1.807) is 0 Å². The summed E-state index contributed by atoms with van der Waals surface area (Å²) >= 11 is 6.36. The van der Waals surface area contributed by atoms with Gasteiger partial charge < -0.3 is 0 Å². The molecule has 0 saturated heterocycles. The number of benzene rings is 2. The Morgan fingerprint density at radius 3 is 1.33 bits per heavy atom. The van der Waals surface area contributed by atoms with Crippen molar-refractivity contribution in [2.75, 3.05) is 0 Å². The number of hydrogen-bond donors (Lipinski definition) is 0. The van der Waals surface area contributed by atoms with Crippen LogP contribution in [0.5, 0.6) is 0 Å². The molecule has 0 atom stereocenters. The van der Waals surface area contributed by atoms with Crippen molar-refractivity contribution in [2.24, 2.45) is 0 Å². The van der Waals surface area contributed by atoms with Crippen LogP contribution in [-0.4, -0.2) is 56.8 Å². The van der Waals surface area contributed by atoms with Gasteiger partial charge in [-0.3, -0.25) is 0 Å². The Labute approximate surface area is 174 Å². The summed E-state index contributed by atoms with van der Waals surface area (Å²) in [5, 5.41) is 0. The molecule has 2 aromatic heterocycles. The molecule has 0 aliphatic carbocycles. The molecule has 0 saturated carbocycles. The molecule has 1 radical (unpaired) electrons. The van der Waals surface area contributed by atoms with Crippen molar-refractivity contribution < 1.29 is 0 Å². The Morgan fingerprint density at radius 2 is 0.963 bits per heavy atom. The van der Waals surface area contributed by atoms with Crippen LogP contribution >= 0.6 is 0 Å². The molecule has 7 heteroatoms. The second-order valence-corrected chi connectivity index (χ2v) is 8.03. The van der Waals surface area contributed by atoms with Crippen LogP contribution in [-0.2, 0) is 0 Å². The molecule has 4 aromatic rings. The molecule has 4 nitrogen and oxygen atoms in total. The van der Waals surface area contributed by atoms with Gasteiger partial charge in [-0.05, 0) is 0 Å². The maximum absolute atomic E-state index is 3.18. The van der Waals surface area contributed by atoms with Gasteiger partial charge in [0.1, 0.15) is 0 Å². The first kappa shape index (κ1) is 18.3. The summed E-state index contributed by atoms with van der Waals surface area (Å²) in [6.07, 6.45) is 8.20. The molecule has 0 amide bonds. The molecule has 0 unspecified atom stereocenters. The van der Waals surface area contributed by atoms with E-state index >= 15 is 0 Å². The van der Waals surface area contributed by atoms with Gasteiger partial charge >= 0.3 is 175 Å². The molecule has 2 aromatic carbocycles. The predicted molar refractivity (Wildman–Crippen MR) is 112 cm³/mol. The van der Waals surface area contributed by atoms with Gasteiger partial charge in [0, 0.05) is 0 Å². The Kier molecular flexibility index (Phi) is 5.11. The molecule has 133 valence electrons. The monoisotopic (exact) mass is 485 g/mol. The molecule has 0 spiro atoms. The van der Waals surface area contributed by atoms with Crippen molar-refractivity contribution in [3.63, 3.8) is 0 Å². The predicted octanol–water partition coefficient (Wildman–Crippen LogP) is 2.82. The van der Waals surface area contributed by atoms with Crippen LogP contribution in [0, 0.1) is 22.5 Å². The summed E-state index contributed by atoms with van der Waals surface area (Å²) < 4.78 is 10.4. The third kappa shape index (κ3) is 3.69. The normalized spacial score (nSPS) is 10.9. The van der Waals surface area contributed by atoms with Crippen LogP contribution in [0.1, 0.15) is 11.1 Å². The second-order valence-electron chi connectivity index (χ2n) is 6.50. The van der Waals surface area contributed by atoms with E-state index in [9.17, 15) is 0 Å². The van der Waals surface area contributed by atoms with E-state index in [-0.39, 0.29) is 0 Å². The first-order valence-electron chi connectivity index (χ1n) is 8.61. The number of hydrogen-bond acceptors (Lipinski definition) is 0. The molecule has 27 heavy (non-hydrogen) atoms. The molecule has 4 rings (SSSR count). The van der Waals surface area contributed by atoms with Crippen molar-refractivity contribution >= 4 is 38.7 Å². The summed E-state index contributed by atoms with van der Waals surface area (Å²) in [5.74, 6) is 0. The third-order valence-corrected chi connectivity index (χ3v) is 6.19. The Balaban J connectivity index is 1.64. The van der Waals surface area contributed by atoms with Crippen LogP contribution in [0.4, 0.5) is 0 Å². The van der Waals surface area contributed by atoms with E-state index in [0.717, 1.165) is 20.0 Å². The van der Waals surface area contributed by atoms with E-state index in [4.69, 9.17) is 0 Å². The molecular formula is C20H18BN4Se2. The molecule has 0 bridgehead atoms. The van der Waals surface area contributed by atoms with Crippen molar-refractivity contribution in [1.82, 2.24) is 18.1 Å². The fourth-order valence-corrected chi connectivity index (χ4v) is 4.05. The van der Waals surface area contributed by atoms with Crippen LogP contribution in [0.25, 0.3) is 11.4 Å². The van der Waals surface area contributed by atoms with Crippen LogP contribution in [0.15, 0.2) is 73.3 Å². The summed E-state index contributed by atoms with van der Waals surface area (Å²) in [7, 11) is 2.05. The van der Waals surface area contributed by atoms with E-state index in [1.165, 1.54) is 11.1 Å². The van der Waals surface area contributed by atoms with Gasteiger partial charge in [0.05, 0.1) is 0 Å². The van der Waals surface area contributed by atoms with Gasteiger partial charge in [-0.2, -0.15) is 0 Å². The molecule has 0 fully saturated rings. The minimum absolute atomic E-state index is 1.01. The van der Waals surface area contributed by atoms with Gasteiger partial charge in [0.2, 0.25) is 0 Å². The Morgan fingerprint density at radius 1 is 0.593 bits per heavy atom. The summed E-state index contributed by atoms with van der Waals surface area (Å²) in [6, 6.07) is 17.0. The van der Waals surface area contributed by atoms with Crippen LogP contribution < -0.4 is 0 Å². The number of aromatic nitrogens is 4. The zero-order valence-corrected chi connectivity index (χ0v) is 18.5. The summed E-state index contributed by atoms with van der Waals surface area (Å²) in [5.41, 5.74) is 4.77. The van der Waals surface area contributed by atoms with Crippen molar-refractivity contribution in [3.05, 3.63) is 93.1 Å². The minimum atomic E-state index is 1.01. The van der Waals surface area contributed by atoms with E-state index < -0.39 is 0 Å². The summed E-state index contributed by atoms with van der Waals surface area (Å²) in [6.45, 7) is 4.20. The van der Waals surface area contributed by atoms with Gasteiger partial charge in [0.15, 0.2) is 0 Å². The SMILES string of the molecule is Cc1ccc(-n2ccn([B]n3ccn(-c4ccc(C)cc4)c3=[Se])c2=[Se])cc1. The van der Waals surface area contributed by atoms with E-state index in [1.807, 2.05) is 19.9 Å². The van der Waals surface area contributed by atoms with Gasteiger partial charge in [-0.15, -0.1) is 0 Å². The topological polar surface area (TPSA) is 19.7 Å². The molecule has 2 heterocycles. The van der Waals surface area contributed by atoms with E-state index in [0.29, 0.717) is 0 Å². The second kappa shape index (κ2) is 7.53. The van der Waals surface area contributed by atoms with Crippen molar-refractivity contribution in [3.8, 4) is 11.4 Å². The molecular weight excluding hydrogens is 465 g/mol. The van der Waals surface area contributed by atoms with E-state index in [2.05, 4.69) is 124 Å². The maximum atomic E-state index is 3.18. The number of aryl methyl sites for hydroxylation is 2. The van der Waals surface area contributed by atoms with Crippen LogP contribution in [0.2, 0.25) is 0 Å². The van der Waals surface area contributed by atoms with Crippen molar-refractivity contribution in [2.45, 2.75) is 13.8 Å². The third-order valence-electron chi connectivity index (χ3n) is 4.48. The standard InChI is InChI=1S/C20H18BN4Se2/c1-15-3-7-17(8-4-15)22-11-13-24(19(22)26)21-25-14-12-23(20(25)27)18-9-5-16(2)6-10-18/h3-14H,1-2H3. The molecule has 0 aliphatic heterocycles. The fraction of sp³-hybridized carbons (Fsp3) is 0.100. The number of imidazole rings is 2. The average molecular weight is 483 g/mol. The van der Waals surface area contributed by atoms with Gasteiger partial charge in [-0.25, -0.2) is 0 Å². The van der Waals surface area contributed by atoms with Gasteiger partial charge in [0.25, 0.3) is 0 Å². The van der Waals surface area contributed by atoms with Crippen molar-refractivity contribution in [1.29, 1.82) is 0 Å². The zero-order valence-electron chi connectivity index (χ0n) is 15.1. The number of nitrogens with zero attached hydrogens (tertiary/aromatic N) is 4. The molecule has 0 aliphatic rings. The number of rotatable bonds is 4. The van der Waals surface area contributed by atoms with Crippen LogP contribution in [0.3, 0.4) is 0 Å².